The van der Waals surface area contributed by atoms with Crippen molar-refractivity contribution >= 4 is 27.3 Å². The average molecular weight is 311 g/mol. The Balaban J connectivity index is 2.30. The molecule has 0 radical (unpaired) electrons. The summed E-state index contributed by atoms with van der Waals surface area (Å²) in [4.78, 5) is 3.01. The van der Waals surface area contributed by atoms with Crippen molar-refractivity contribution in [1.82, 2.24) is 0 Å². The van der Waals surface area contributed by atoms with Crippen LogP contribution in [0.2, 0.25) is 0 Å². The van der Waals surface area contributed by atoms with E-state index in [1.807, 2.05) is 23.5 Å². The van der Waals surface area contributed by atoms with Crippen molar-refractivity contribution in [2.45, 2.75) is 18.7 Å². The van der Waals surface area contributed by atoms with Crippen molar-refractivity contribution in [3.05, 3.63) is 51.2 Å². The van der Waals surface area contributed by atoms with Crippen LogP contribution in [0.3, 0.4) is 0 Å². The second-order valence-corrected chi connectivity index (χ2v) is 6.24. The van der Waals surface area contributed by atoms with Gasteiger partial charge in [-0.3, -0.25) is 0 Å². The van der Waals surface area contributed by atoms with Gasteiger partial charge in [-0.05, 0) is 43.2 Å². The van der Waals surface area contributed by atoms with Gasteiger partial charge >= 0.3 is 0 Å². The van der Waals surface area contributed by atoms with E-state index < -0.39 is 0 Å². The van der Waals surface area contributed by atoms with Gasteiger partial charge in [-0.2, -0.15) is 0 Å². The summed E-state index contributed by atoms with van der Waals surface area (Å²) >= 11 is 5.62. The summed E-state index contributed by atoms with van der Waals surface area (Å²) in [5, 5.41) is 0. The van der Waals surface area contributed by atoms with E-state index in [-0.39, 0.29) is 4.83 Å². The van der Waals surface area contributed by atoms with Crippen molar-refractivity contribution in [2.24, 2.45) is 0 Å². The molecule has 0 bridgehead atoms. The fraction of sp³-hybridized carbons (Fsp3) is 0.286. The zero-order chi connectivity index (χ0) is 12.4. The van der Waals surface area contributed by atoms with Crippen molar-refractivity contribution in [2.75, 3.05) is 7.11 Å². The third kappa shape index (κ3) is 2.72. The first-order valence-corrected chi connectivity index (χ1v) is 7.20. The lowest BCUT2D eigenvalue weighted by molar-refractivity contribution is 0.414. The summed E-state index contributed by atoms with van der Waals surface area (Å²) in [5.74, 6) is 0.896. The summed E-state index contributed by atoms with van der Waals surface area (Å²) < 4.78 is 5.17. The Bertz CT molecular complexity index is 501. The number of hydrogen-bond donors (Lipinski definition) is 0. The minimum absolute atomic E-state index is 0.270. The van der Waals surface area contributed by atoms with Crippen LogP contribution in [0, 0.1) is 13.8 Å². The smallest absolute Gasteiger partial charge is 0.118 e. The molecule has 1 heterocycles. The molecule has 1 atom stereocenters. The van der Waals surface area contributed by atoms with Gasteiger partial charge in [0, 0.05) is 9.75 Å². The number of halogens is 1. The second kappa shape index (κ2) is 5.23. The van der Waals surface area contributed by atoms with E-state index in [1.165, 1.54) is 20.9 Å². The number of benzene rings is 1. The SMILES string of the molecule is COc1ccc(C(Br)c2sc(C)cc2C)cc1. The highest BCUT2D eigenvalue weighted by Gasteiger charge is 2.15. The molecule has 3 heteroatoms. The minimum atomic E-state index is 0.270. The van der Waals surface area contributed by atoms with Crippen LogP contribution < -0.4 is 4.74 Å². The van der Waals surface area contributed by atoms with Gasteiger partial charge < -0.3 is 4.74 Å². The molecular weight excluding hydrogens is 296 g/mol. The van der Waals surface area contributed by atoms with Crippen molar-refractivity contribution in [1.29, 1.82) is 0 Å². The number of ether oxygens (including phenoxy) is 1. The van der Waals surface area contributed by atoms with Crippen molar-refractivity contribution in [3.63, 3.8) is 0 Å². The van der Waals surface area contributed by atoms with Gasteiger partial charge in [0.1, 0.15) is 5.75 Å². The molecule has 2 rings (SSSR count). The molecule has 1 nitrogen and oxygen atoms in total. The fourth-order valence-corrected chi connectivity index (χ4v) is 3.82. The maximum absolute atomic E-state index is 5.17. The van der Waals surface area contributed by atoms with Gasteiger partial charge in [0.25, 0.3) is 0 Å². The van der Waals surface area contributed by atoms with E-state index in [4.69, 9.17) is 4.74 Å². The molecule has 0 aliphatic rings. The highest BCUT2D eigenvalue weighted by atomic mass is 79.9. The van der Waals surface area contributed by atoms with Crippen LogP contribution in [0.1, 0.15) is 25.7 Å². The monoisotopic (exact) mass is 310 g/mol. The number of methoxy groups -OCH3 is 1. The normalized spacial score (nSPS) is 12.5. The highest BCUT2D eigenvalue weighted by molar-refractivity contribution is 9.09. The van der Waals surface area contributed by atoms with E-state index in [0.717, 1.165) is 5.75 Å². The quantitative estimate of drug-likeness (QED) is 0.736. The molecule has 0 amide bonds. The lowest BCUT2D eigenvalue weighted by Gasteiger charge is -2.10. The molecule has 0 aliphatic carbocycles. The van der Waals surface area contributed by atoms with Gasteiger partial charge in [-0.25, -0.2) is 0 Å². The van der Waals surface area contributed by atoms with E-state index in [9.17, 15) is 0 Å². The van der Waals surface area contributed by atoms with Gasteiger partial charge in [0.2, 0.25) is 0 Å². The number of thiophene rings is 1. The Kier molecular flexibility index (Phi) is 3.89. The fourth-order valence-electron chi connectivity index (χ4n) is 1.84. The molecule has 17 heavy (non-hydrogen) atoms. The number of hydrogen-bond acceptors (Lipinski definition) is 2. The molecular formula is C14H15BrOS. The van der Waals surface area contributed by atoms with E-state index >= 15 is 0 Å². The largest absolute Gasteiger partial charge is 0.497 e. The van der Waals surface area contributed by atoms with Crippen LogP contribution in [-0.4, -0.2) is 7.11 Å². The predicted octanol–water partition coefficient (Wildman–Crippen LogP) is 4.86. The molecule has 1 aromatic carbocycles. The Morgan fingerprint density at radius 3 is 2.29 bits per heavy atom. The second-order valence-electron chi connectivity index (χ2n) is 4.04. The number of rotatable bonds is 3. The molecule has 0 spiro atoms. The third-order valence-electron chi connectivity index (χ3n) is 2.72. The standard InChI is InChI=1S/C14H15BrOS/c1-9-8-10(2)17-14(9)13(15)11-4-6-12(16-3)7-5-11/h4-8,13H,1-3H3. The van der Waals surface area contributed by atoms with Gasteiger partial charge in [-0.1, -0.05) is 28.1 Å². The summed E-state index contributed by atoms with van der Waals surface area (Å²) in [6.07, 6.45) is 0. The van der Waals surface area contributed by atoms with Gasteiger partial charge in [-0.15, -0.1) is 11.3 Å². The Morgan fingerprint density at radius 1 is 1.18 bits per heavy atom. The Labute approximate surface area is 115 Å². The van der Waals surface area contributed by atoms with Crippen molar-refractivity contribution < 1.29 is 4.74 Å². The zero-order valence-corrected chi connectivity index (χ0v) is 12.6. The molecule has 0 saturated heterocycles. The predicted molar refractivity (Wildman–Crippen MR) is 77.6 cm³/mol. The molecule has 0 fully saturated rings. The van der Waals surface area contributed by atoms with Crippen LogP contribution in [0.5, 0.6) is 5.75 Å². The first-order chi connectivity index (χ1) is 8.11. The number of aryl methyl sites for hydroxylation is 2. The van der Waals surface area contributed by atoms with Gasteiger partial charge in [0.15, 0.2) is 0 Å². The van der Waals surface area contributed by atoms with Crippen LogP contribution in [0.4, 0.5) is 0 Å². The lowest BCUT2D eigenvalue weighted by atomic mass is 10.1. The Hall–Kier alpha value is -0.800. The highest BCUT2D eigenvalue weighted by Crippen LogP contribution is 2.38. The summed E-state index contributed by atoms with van der Waals surface area (Å²) in [6, 6.07) is 10.4. The molecule has 1 aromatic heterocycles. The van der Waals surface area contributed by atoms with Gasteiger partial charge in [0.05, 0.1) is 11.9 Å². The molecule has 0 saturated carbocycles. The first kappa shape index (κ1) is 12.7. The van der Waals surface area contributed by atoms with E-state index in [1.54, 1.807) is 7.11 Å². The molecule has 90 valence electrons. The summed E-state index contributed by atoms with van der Waals surface area (Å²) in [7, 11) is 1.69. The van der Waals surface area contributed by atoms with Crippen LogP contribution in [-0.2, 0) is 0 Å². The molecule has 0 N–H and O–H groups in total. The minimum Gasteiger partial charge on any atom is -0.497 e. The maximum atomic E-state index is 5.17. The average Bonchev–Trinajstić information content (AvgIpc) is 2.68. The maximum Gasteiger partial charge on any atom is 0.118 e. The van der Waals surface area contributed by atoms with E-state index in [2.05, 4.69) is 48.0 Å². The van der Waals surface area contributed by atoms with E-state index in [0.29, 0.717) is 0 Å². The Morgan fingerprint density at radius 2 is 1.82 bits per heavy atom. The summed E-state index contributed by atoms with van der Waals surface area (Å²) in [5.41, 5.74) is 2.61. The summed E-state index contributed by atoms with van der Waals surface area (Å²) in [6.45, 7) is 4.31. The number of alkyl halides is 1. The van der Waals surface area contributed by atoms with Crippen LogP contribution in [0.15, 0.2) is 30.3 Å². The lowest BCUT2D eigenvalue weighted by Crippen LogP contribution is -1.92. The van der Waals surface area contributed by atoms with Crippen LogP contribution in [0.25, 0.3) is 0 Å². The van der Waals surface area contributed by atoms with Crippen molar-refractivity contribution in [3.8, 4) is 5.75 Å². The zero-order valence-electron chi connectivity index (χ0n) is 10.2. The molecule has 0 aliphatic heterocycles. The topological polar surface area (TPSA) is 9.23 Å². The molecule has 2 aromatic rings. The van der Waals surface area contributed by atoms with Crippen LogP contribution >= 0.6 is 27.3 Å². The molecule has 1 unspecified atom stereocenters. The third-order valence-corrected chi connectivity index (χ3v) is 5.22. The first-order valence-electron chi connectivity index (χ1n) is 5.46.